The first-order chi connectivity index (χ1) is 8.88. The minimum atomic E-state index is 0.735. The molecule has 2 rings (SSSR count). The molecule has 2 aromatic rings. The second-order valence-corrected chi connectivity index (χ2v) is 3.71. The number of hydrogen-bond donors (Lipinski definition) is 2. The van der Waals surface area contributed by atoms with Crippen LogP contribution in [0.25, 0.3) is 0 Å². The van der Waals surface area contributed by atoms with Gasteiger partial charge < -0.3 is 10.6 Å². The van der Waals surface area contributed by atoms with E-state index in [2.05, 4.69) is 10.6 Å². The molecule has 90 valence electrons. The molecular weight excluding hydrogens is 224 g/mol. The molecular formula is C15H14N2O. The molecule has 3 nitrogen and oxygen atoms in total. The van der Waals surface area contributed by atoms with Gasteiger partial charge >= 0.3 is 0 Å². The molecule has 0 spiro atoms. The Labute approximate surface area is 106 Å². The molecule has 0 aromatic heterocycles. The van der Waals surface area contributed by atoms with E-state index in [1.54, 1.807) is 6.20 Å². The number of hydrogen-bond acceptors (Lipinski definition) is 3. The number of anilines is 3. The second kappa shape index (κ2) is 6.25. The van der Waals surface area contributed by atoms with Crippen LogP contribution >= 0.6 is 0 Å². The molecule has 2 N–H and O–H groups in total. The van der Waals surface area contributed by atoms with Crippen LogP contribution in [0.3, 0.4) is 0 Å². The number of carbonyl (C=O) groups is 1. The average Bonchev–Trinajstić information content (AvgIpc) is 2.41. The highest BCUT2D eigenvalue weighted by Gasteiger charge is 1.95. The highest BCUT2D eigenvalue weighted by molar-refractivity contribution is 5.67. The highest BCUT2D eigenvalue weighted by Crippen LogP contribution is 2.19. The molecule has 3 heteroatoms. The Kier molecular flexibility index (Phi) is 4.14. The van der Waals surface area contributed by atoms with Crippen LogP contribution in [0.1, 0.15) is 0 Å². The molecule has 0 atom stereocenters. The predicted molar refractivity (Wildman–Crippen MR) is 75.0 cm³/mol. The van der Waals surface area contributed by atoms with Gasteiger partial charge in [-0.15, -0.1) is 0 Å². The lowest BCUT2D eigenvalue weighted by Gasteiger charge is -2.08. The summed E-state index contributed by atoms with van der Waals surface area (Å²) in [6.07, 6.45) is 3.75. The molecule has 0 aliphatic carbocycles. The lowest BCUT2D eigenvalue weighted by molar-refractivity contribution is -0.104. The Morgan fingerprint density at radius 3 is 2.33 bits per heavy atom. The molecule has 0 saturated carbocycles. The Morgan fingerprint density at radius 1 is 0.833 bits per heavy atom. The third-order valence-electron chi connectivity index (χ3n) is 2.35. The SMILES string of the molecule is O=CC=CNc1cccc(Nc2ccccc2)c1. The van der Waals surface area contributed by atoms with Crippen molar-refractivity contribution in [3.8, 4) is 0 Å². The summed E-state index contributed by atoms with van der Waals surface area (Å²) in [5, 5.41) is 6.32. The summed E-state index contributed by atoms with van der Waals surface area (Å²) in [5.41, 5.74) is 2.96. The minimum Gasteiger partial charge on any atom is -0.362 e. The molecule has 0 aliphatic heterocycles. The van der Waals surface area contributed by atoms with Crippen LogP contribution in [0.2, 0.25) is 0 Å². The summed E-state index contributed by atoms with van der Waals surface area (Å²) in [5.74, 6) is 0. The Morgan fingerprint density at radius 2 is 1.56 bits per heavy atom. The maximum atomic E-state index is 10.2. The standard InChI is InChI=1S/C15H14N2O/c18-11-5-10-16-14-8-4-9-15(12-14)17-13-6-2-1-3-7-13/h1-12,16-17H. The zero-order valence-corrected chi connectivity index (χ0v) is 9.84. The van der Waals surface area contributed by atoms with E-state index in [9.17, 15) is 4.79 Å². The number of rotatable bonds is 5. The second-order valence-electron chi connectivity index (χ2n) is 3.71. The maximum absolute atomic E-state index is 10.2. The van der Waals surface area contributed by atoms with Crippen molar-refractivity contribution in [1.82, 2.24) is 0 Å². The number of aldehydes is 1. The Hall–Kier alpha value is -2.55. The van der Waals surface area contributed by atoms with Crippen LogP contribution in [0, 0.1) is 0 Å². The Balaban J connectivity index is 2.07. The van der Waals surface area contributed by atoms with Crippen LogP contribution < -0.4 is 10.6 Å². The summed E-state index contributed by atoms with van der Waals surface area (Å²) in [4.78, 5) is 10.2. The van der Waals surface area contributed by atoms with E-state index in [1.807, 2.05) is 54.6 Å². The monoisotopic (exact) mass is 238 g/mol. The molecule has 0 heterocycles. The van der Waals surface area contributed by atoms with Crippen molar-refractivity contribution < 1.29 is 4.79 Å². The minimum absolute atomic E-state index is 0.735. The van der Waals surface area contributed by atoms with Gasteiger partial charge in [0.05, 0.1) is 0 Å². The fraction of sp³-hybridized carbons (Fsp3) is 0. The van der Waals surface area contributed by atoms with Gasteiger partial charge in [-0.2, -0.15) is 0 Å². The van der Waals surface area contributed by atoms with E-state index in [4.69, 9.17) is 0 Å². The van der Waals surface area contributed by atoms with E-state index in [1.165, 1.54) is 6.08 Å². The zero-order valence-electron chi connectivity index (χ0n) is 9.84. The van der Waals surface area contributed by atoms with Gasteiger partial charge in [-0.05, 0) is 36.4 Å². The first kappa shape index (κ1) is 11.9. The van der Waals surface area contributed by atoms with Gasteiger partial charge in [0.1, 0.15) is 6.29 Å². The van der Waals surface area contributed by atoms with Gasteiger partial charge in [0.25, 0.3) is 0 Å². The van der Waals surface area contributed by atoms with Crippen LogP contribution in [-0.2, 0) is 4.79 Å². The summed E-state index contributed by atoms with van der Waals surface area (Å²) in [6.45, 7) is 0. The van der Waals surface area contributed by atoms with Crippen molar-refractivity contribution in [1.29, 1.82) is 0 Å². The lowest BCUT2D eigenvalue weighted by Crippen LogP contribution is -1.92. The quantitative estimate of drug-likeness (QED) is 0.618. The summed E-state index contributed by atoms with van der Waals surface area (Å²) < 4.78 is 0. The number of nitrogens with one attached hydrogen (secondary N) is 2. The fourth-order valence-corrected chi connectivity index (χ4v) is 1.56. The van der Waals surface area contributed by atoms with Crippen molar-refractivity contribution in [3.63, 3.8) is 0 Å². The normalized spacial score (nSPS) is 10.2. The van der Waals surface area contributed by atoms with E-state index in [0.29, 0.717) is 0 Å². The van der Waals surface area contributed by atoms with Crippen molar-refractivity contribution in [2.75, 3.05) is 10.6 Å². The maximum Gasteiger partial charge on any atom is 0.144 e. The molecule has 0 bridgehead atoms. The Bertz CT molecular complexity index is 535. The molecule has 0 amide bonds. The molecule has 0 aliphatic rings. The molecule has 0 unspecified atom stereocenters. The van der Waals surface area contributed by atoms with E-state index < -0.39 is 0 Å². The molecule has 2 aromatic carbocycles. The van der Waals surface area contributed by atoms with Crippen molar-refractivity contribution in [3.05, 3.63) is 66.9 Å². The average molecular weight is 238 g/mol. The van der Waals surface area contributed by atoms with Gasteiger partial charge in [0.2, 0.25) is 0 Å². The first-order valence-corrected chi connectivity index (χ1v) is 5.67. The summed E-state index contributed by atoms with van der Waals surface area (Å²) in [6, 6.07) is 17.8. The number of benzene rings is 2. The van der Waals surface area contributed by atoms with E-state index in [-0.39, 0.29) is 0 Å². The summed E-state index contributed by atoms with van der Waals surface area (Å²) >= 11 is 0. The lowest BCUT2D eigenvalue weighted by atomic mass is 10.2. The van der Waals surface area contributed by atoms with Gasteiger partial charge in [-0.3, -0.25) is 4.79 Å². The van der Waals surface area contributed by atoms with Crippen molar-refractivity contribution in [2.45, 2.75) is 0 Å². The number of allylic oxidation sites excluding steroid dienone is 1. The summed E-state index contributed by atoms with van der Waals surface area (Å²) in [7, 11) is 0. The highest BCUT2D eigenvalue weighted by atomic mass is 16.1. The van der Waals surface area contributed by atoms with E-state index in [0.717, 1.165) is 23.3 Å². The topological polar surface area (TPSA) is 41.1 Å². The third-order valence-corrected chi connectivity index (χ3v) is 2.35. The number of para-hydroxylation sites is 1. The van der Waals surface area contributed by atoms with Crippen LogP contribution in [0.5, 0.6) is 0 Å². The third kappa shape index (κ3) is 3.49. The van der Waals surface area contributed by atoms with Crippen molar-refractivity contribution in [2.24, 2.45) is 0 Å². The van der Waals surface area contributed by atoms with Crippen LogP contribution in [-0.4, -0.2) is 6.29 Å². The van der Waals surface area contributed by atoms with Gasteiger partial charge in [-0.1, -0.05) is 24.3 Å². The predicted octanol–water partition coefficient (Wildman–Crippen LogP) is 3.55. The van der Waals surface area contributed by atoms with Crippen molar-refractivity contribution >= 4 is 23.3 Å². The smallest absolute Gasteiger partial charge is 0.144 e. The molecule has 0 fully saturated rings. The van der Waals surface area contributed by atoms with Crippen LogP contribution in [0.4, 0.5) is 17.1 Å². The number of carbonyl (C=O) groups excluding carboxylic acids is 1. The molecule has 0 radical (unpaired) electrons. The van der Waals surface area contributed by atoms with Gasteiger partial charge in [0, 0.05) is 23.3 Å². The molecule has 0 saturated heterocycles. The largest absolute Gasteiger partial charge is 0.362 e. The molecule has 18 heavy (non-hydrogen) atoms. The zero-order chi connectivity index (χ0) is 12.6. The van der Waals surface area contributed by atoms with Gasteiger partial charge in [-0.25, -0.2) is 0 Å². The van der Waals surface area contributed by atoms with Gasteiger partial charge in [0.15, 0.2) is 0 Å². The van der Waals surface area contributed by atoms with Crippen LogP contribution in [0.15, 0.2) is 66.9 Å². The van der Waals surface area contributed by atoms with E-state index >= 15 is 0 Å². The fourth-order valence-electron chi connectivity index (χ4n) is 1.56. The first-order valence-electron chi connectivity index (χ1n) is 5.67.